The molecule has 1 saturated heterocycles. The Morgan fingerprint density at radius 1 is 0.981 bits per heavy atom. The average molecular weight is 761 g/mol. The number of hydrogen-bond donors (Lipinski definition) is 5. The number of amides is 4. The van der Waals surface area contributed by atoms with Gasteiger partial charge >= 0.3 is 0 Å². The Morgan fingerprint density at radius 2 is 1.69 bits per heavy atom. The van der Waals surface area contributed by atoms with E-state index in [9.17, 15) is 24.3 Å². The number of thiazole rings is 1. The summed E-state index contributed by atoms with van der Waals surface area (Å²) in [6.45, 7) is 9.17. The number of aliphatic hydroxyl groups excluding tert-OH is 1. The highest BCUT2D eigenvalue weighted by molar-refractivity contribution is 7.13. The predicted molar refractivity (Wildman–Crippen MR) is 208 cm³/mol. The molecule has 14 heteroatoms. The number of aliphatic hydroxyl groups is 1. The van der Waals surface area contributed by atoms with Crippen LogP contribution in [-0.4, -0.2) is 101 Å². The highest BCUT2D eigenvalue weighted by atomic mass is 32.1. The van der Waals surface area contributed by atoms with Crippen molar-refractivity contribution in [1.82, 2.24) is 30.8 Å². The van der Waals surface area contributed by atoms with Gasteiger partial charge in [0.25, 0.3) is 0 Å². The largest absolute Gasteiger partial charge is 0.391 e. The van der Waals surface area contributed by atoms with Crippen LogP contribution in [0, 0.1) is 12.3 Å². The smallest absolute Gasteiger partial charge is 0.246 e. The van der Waals surface area contributed by atoms with Crippen molar-refractivity contribution in [3.63, 3.8) is 0 Å². The van der Waals surface area contributed by atoms with Crippen LogP contribution in [0.4, 0.5) is 0 Å². The third-order valence-corrected chi connectivity index (χ3v) is 10.4. The zero-order valence-electron chi connectivity index (χ0n) is 31.5. The Labute approximate surface area is 320 Å². The van der Waals surface area contributed by atoms with Crippen LogP contribution in [0.5, 0.6) is 0 Å². The van der Waals surface area contributed by atoms with Crippen LogP contribution >= 0.6 is 11.3 Å². The number of fused-ring (bicyclic) bond motifs is 1. The number of aromatic amines is 1. The molecule has 1 aliphatic rings. The molecule has 0 aliphatic carbocycles. The number of hydrogen-bond acceptors (Lipinski definition) is 9. The van der Waals surface area contributed by atoms with Crippen molar-refractivity contribution in [2.24, 2.45) is 5.41 Å². The monoisotopic (exact) mass is 760 g/mol. The van der Waals surface area contributed by atoms with Crippen molar-refractivity contribution in [2.45, 2.75) is 78.1 Å². The number of nitrogens with zero attached hydrogens (tertiary/aromatic N) is 2. The van der Waals surface area contributed by atoms with Gasteiger partial charge in [-0.05, 0) is 41.5 Å². The summed E-state index contributed by atoms with van der Waals surface area (Å²) in [6, 6.07) is 14.1. The van der Waals surface area contributed by atoms with Gasteiger partial charge in [0, 0.05) is 56.0 Å². The molecule has 2 aromatic carbocycles. The van der Waals surface area contributed by atoms with E-state index in [-0.39, 0.29) is 76.5 Å². The second-order valence-electron chi connectivity index (χ2n) is 14.6. The van der Waals surface area contributed by atoms with E-state index in [1.807, 2.05) is 81.9 Å². The van der Waals surface area contributed by atoms with E-state index < -0.39 is 29.5 Å². The summed E-state index contributed by atoms with van der Waals surface area (Å²) in [5, 5.41) is 20.3. The molecule has 1 aliphatic heterocycles. The number of para-hydroxylation sites is 1. The molecule has 1 fully saturated rings. The molecule has 290 valence electrons. The van der Waals surface area contributed by atoms with Crippen LogP contribution in [0.1, 0.15) is 56.9 Å². The fourth-order valence-corrected chi connectivity index (χ4v) is 7.24. The van der Waals surface area contributed by atoms with Gasteiger partial charge in [-0.2, -0.15) is 0 Å². The molecule has 4 aromatic rings. The lowest BCUT2D eigenvalue weighted by Gasteiger charge is -2.35. The van der Waals surface area contributed by atoms with Crippen LogP contribution in [0.3, 0.4) is 0 Å². The molecule has 54 heavy (non-hydrogen) atoms. The summed E-state index contributed by atoms with van der Waals surface area (Å²) in [7, 11) is 0. The Morgan fingerprint density at radius 3 is 2.37 bits per heavy atom. The molecule has 0 unspecified atom stereocenters. The number of β-amino-alcohol motifs (C(OH)–C–C–N with tert-alkyl or cyclic N) is 1. The first-order valence-electron chi connectivity index (χ1n) is 18.4. The van der Waals surface area contributed by atoms with Gasteiger partial charge in [0.15, 0.2) is 0 Å². The highest BCUT2D eigenvalue weighted by Gasteiger charge is 2.44. The number of H-pyrrole nitrogens is 1. The zero-order chi connectivity index (χ0) is 38.7. The molecule has 3 atom stereocenters. The van der Waals surface area contributed by atoms with Crippen molar-refractivity contribution < 1.29 is 33.8 Å². The lowest BCUT2D eigenvalue weighted by molar-refractivity contribution is -0.144. The van der Waals surface area contributed by atoms with E-state index in [1.54, 1.807) is 11.3 Å². The first-order chi connectivity index (χ1) is 25.9. The summed E-state index contributed by atoms with van der Waals surface area (Å²) in [5.74, 6) is -1.24. The van der Waals surface area contributed by atoms with Gasteiger partial charge in [-0.15, -0.1) is 11.3 Å². The van der Waals surface area contributed by atoms with Crippen LogP contribution in [-0.2, 0) is 41.6 Å². The minimum absolute atomic E-state index is 0.00194. The van der Waals surface area contributed by atoms with Gasteiger partial charge in [0.2, 0.25) is 23.6 Å². The van der Waals surface area contributed by atoms with E-state index in [0.29, 0.717) is 6.54 Å². The first kappa shape index (κ1) is 40.6. The second-order valence-corrected chi connectivity index (χ2v) is 15.5. The highest BCUT2D eigenvalue weighted by Crippen LogP contribution is 2.28. The van der Waals surface area contributed by atoms with E-state index in [0.717, 1.165) is 44.6 Å². The minimum atomic E-state index is -0.926. The molecule has 0 saturated carbocycles. The number of benzene rings is 2. The summed E-state index contributed by atoms with van der Waals surface area (Å²) in [6.07, 6.45) is 2.21. The van der Waals surface area contributed by atoms with Crippen LogP contribution in [0.2, 0.25) is 0 Å². The van der Waals surface area contributed by atoms with Gasteiger partial charge in [0.05, 0.1) is 48.6 Å². The Bertz CT molecular complexity index is 1870. The number of carbonyl (C=O) groups excluding carboxylic acids is 4. The number of nitrogens with one attached hydrogen (secondary N) is 4. The van der Waals surface area contributed by atoms with E-state index in [2.05, 4.69) is 32.0 Å². The molecule has 0 radical (unpaired) electrons. The van der Waals surface area contributed by atoms with E-state index in [1.165, 1.54) is 4.90 Å². The lowest BCUT2D eigenvalue weighted by Crippen LogP contribution is -2.57. The third kappa shape index (κ3) is 11.2. The fourth-order valence-electron chi connectivity index (χ4n) is 6.43. The summed E-state index contributed by atoms with van der Waals surface area (Å²) in [4.78, 5) is 62.4. The minimum Gasteiger partial charge on any atom is -0.391 e. The number of aromatic nitrogens is 2. The molecule has 4 amide bonds. The Balaban J connectivity index is 0.984. The van der Waals surface area contributed by atoms with E-state index in [4.69, 9.17) is 9.47 Å². The van der Waals surface area contributed by atoms with Crippen LogP contribution < -0.4 is 16.0 Å². The number of likely N-dealkylation sites (tertiary alicyclic amines) is 1. The topological polar surface area (TPSA) is 175 Å². The molecule has 2 aromatic heterocycles. The quantitative estimate of drug-likeness (QED) is 0.0951. The van der Waals surface area contributed by atoms with Crippen molar-refractivity contribution in [2.75, 3.05) is 39.5 Å². The van der Waals surface area contributed by atoms with Crippen LogP contribution in [0.25, 0.3) is 21.3 Å². The van der Waals surface area contributed by atoms with Crippen molar-refractivity contribution in [3.8, 4) is 10.4 Å². The fraction of sp³-hybridized carbons (Fsp3) is 0.475. The lowest BCUT2D eigenvalue weighted by atomic mass is 9.85. The average Bonchev–Trinajstić information content (AvgIpc) is 3.88. The number of carbonyl (C=O) groups is 4. The maximum atomic E-state index is 13.9. The van der Waals surface area contributed by atoms with Gasteiger partial charge in [-0.3, -0.25) is 19.2 Å². The molecule has 5 rings (SSSR count). The molecule has 3 heterocycles. The van der Waals surface area contributed by atoms with Crippen molar-refractivity contribution in [1.29, 1.82) is 0 Å². The number of aryl methyl sites for hydroxylation is 1. The number of rotatable bonds is 18. The Kier molecular flexibility index (Phi) is 14.3. The van der Waals surface area contributed by atoms with Crippen LogP contribution in [0.15, 0.2) is 60.2 Å². The summed E-state index contributed by atoms with van der Waals surface area (Å²) in [5.41, 5.74) is 6.30. The van der Waals surface area contributed by atoms with Gasteiger partial charge in [-0.25, -0.2) is 4.98 Å². The summed E-state index contributed by atoms with van der Waals surface area (Å²) < 4.78 is 11.1. The van der Waals surface area contributed by atoms with Gasteiger partial charge in [-0.1, -0.05) is 63.2 Å². The first-order valence-corrected chi connectivity index (χ1v) is 19.3. The SMILES string of the molecule is Cc1ncsc1-c1ccc(CNC(=O)[C@@H]2C[C@@H](O)CN2C(=O)[C@@H](NC(=O)CCOCCOCCC(=O)NCCc2c[nH]c3ccccc23)C(C)(C)C)cc1. The third-order valence-electron chi connectivity index (χ3n) is 9.42. The maximum absolute atomic E-state index is 13.9. The number of ether oxygens (including phenoxy) is 2. The van der Waals surface area contributed by atoms with Crippen molar-refractivity contribution in [3.05, 3.63) is 77.1 Å². The van der Waals surface area contributed by atoms with Gasteiger partial charge in [0.1, 0.15) is 12.1 Å². The van der Waals surface area contributed by atoms with Crippen molar-refractivity contribution >= 4 is 45.9 Å². The standard InChI is InChI=1S/C40H52N6O7S/c1-26-36(54-25-44-26)28-11-9-27(10-12-28)22-43-38(50)33-21-30(47)24-46(33)39(51)37(40(2,3)4)45-35(49)15-18-53-20-19-52-17-14-34(48)41-16-13-29-23-42-32-8-6-5-7-31(29)32/h5-12,23,25,30,33,37,42,47H,13-22,24H2,1-4H3,(H,41,48)(H,43,50)(H,45,49)/t30-,33+,37-/m1/s1. The zero-order valence-corrected chi connectivity index (χ0v) is 32.3. The molecular formula is C40H52N6O7S. The molecule has 0 bridgehead atoms. The maximum Gasteiger partial charge on any atom is 0.246 e. The molecular weight excluding hydrogens is 709 g/mol. The molecule has 5 N–H and O–H groups in total. The predicted octanol–water partition coefficient (Wildman–Crippen LogP) is 3.88. The van der Waals surface area contributed by atoms with E-state index >= 15 is 0 Å². The molecule has 0 spiro atoms. The van der Waals surface area contributed by atoms with Gasteiger partial charge < -0.3 is 40.4 Å². The second kappa shape index (κ2) is 19.1. The normalized spacial score (nSPS) is 16.4. The molecule has 13 nitrogen and oxygen atoms in total. The Hall–Kier alpha value is -4.63. The summed E-state index contributed by atoms with van der Waals surface area (Å²) >= 11 is 1.57.